The average molecular weight is 230 g/mol. The summed E-state index contributed by atoms with van der Waals surface area (Å²) in [6.45, 7) is 4.11. The third-order valence-corrected chi connectivity index (χ3v) is 3.76. The van der Waals surface area contributed by atoms with Crippen molar-refractivity contribution in [1.29, 1.82) is 0 Å². The molecule has 0 atom stereocenters. The number of nitrogens with one attached hydrogen (secondary N) is 1. The molecule has 0 saturated heterocycles. The number of rotatable bonds is 4. The van der Waals surface area contributed by atoms with Crippen LogP contribution in [-0.2, 0) is 4.79 Å². The number of aromatic nitrogens is 1. The van der Waals surface area contributed by atoms with Crippen LogP contribution in [0.2, 0.25) is 0 Å². The fourth-order valence-electron chi connectivity index (χ4n) is 0.907. The van der Waals surface area contributed by atoms with Crippen LogP contribution in [0.3, 0.4) is 0 Å². The first kappa shape index (κ1) is 11.5. The van der Waals surface area contributed by atoms with E-state index in [9.17, 15) is 4.79 Å². The van der Waals surface area contributed by atoms with Crippen molar-refractivity contribution in [3.05, 3.63) is 11.6 Å². The summed E-state index contributed by atoms with van der Waals surface area (Å²) in [7, 11) is 0. The number of carbonyl (C=O) groups is 1. The Kier molecular flexibility index (Phi) is 3.95. The monoisotopic (exact) mass is 230 g/mol. The molecule has 0 aliphatic carbocycles. The summed E-state index contributed by atoms with van der Waals surface area (Å²) in [5, 5.41) is 5.28. The Morgan fingerprint density at radius 1 is 1.71 bits per heavy atom. The van der Waals surface area contributed by atoms with Gasteiger partial charge in [-0.15, -0.1) is 11.3 Å². The predicted octanol–water partition coefficient (Wildman–Crippen LogP) is 2.61. The molecule has 0 fully saturated rings. The molecule has 1 amide bonds. The standard InChI is InChI=1S/C9H14N2OS2/c1-9(2,13-3)6-7(12)11-8-10-4-5-14-8/h4-5H,6H2,1-3H3,(H,10,11,12). The number of thioether (sulfide) groups is 1. The fourth-order valence-corrected chi connectivity index (χ4v) is 1.73. The Morgan fingerprint density at radius 3 is 2.93 bits per heavy atom. The zero-order chi connectivity index (χ0) is 10.6. The summed E-state index contributed by atoms with van der Waals surface area (Å²) < 4.78 is -0.0126. The Bertz CT molecular complexity index is 296. The molecule has 0 aliphatic heterocycles. The van der Waals surface area contributed by atoms with Gasteiger partial charge in [0.1, 0.15) is 0 Å². The highest BCUT2D eigenvalue weighted by Crippen LogP contribution is 2.25. The van der Waals surface area contributed by atoms with E-state index in [1.807, 2.05) is 11.6 Å². The van der Waals surface area contributed by atoms with E-state index in [0.29, 0.717) is 11.6 Å². The SMILES string of the molecule is CSC(C)(C)CC(=O)Nc1nccs1. The lowest BCUT2D eigenvalue weighted by Gasteiger charge is -2.20. The average Bonchev–Trinajstić information content (AvgIpc) is 2.55. The van der Waals surface area contributed by atoms with E-state index in [1.165, 1.54) is 11.3 Å². The van der Waals surface area contributed by atoms with Crippen LogP contribution >= 0.6 is 23.1 Å². The molecule has 0 spiro atoms. The first-order valence-electron chi connectivity index (χ1n) is 4.28. The maximum atomic E-state index is 11.5. The minimum Gasteiger partial charge on any atom is -0.302 e. The number of anilines is 1. The third kappa shape index (κ3) is 3.67. The number of hydrogen-bond acceptors (Lipinski definition) is 4. The number of thiazole rings is 1. The molecule has 5 heteroatoms. The van der Waals surface area contributed by atoms with E-state index in [4.69, 9.17) is 0 Å². The minimum atomic E-state index is -0.0126. The molecule has 1 aromatic rings. The number of hydrogen-bond donors (Lipinski definition) is 1. The molecule has 1 aromatic heterocycles. The topological polar surface area (TPSA) is 42.0 Å². The van der Waals surface area contributed by atoms with Gasteiger partial charge < -0.3 is 5.32 Å². The molecule has 0 bridgehead atoms. The van der Waals surface area contributed by atoms with Gasteiger partial charge in [0.2, 0.25) is 5.91 Å². The van der Waals surface area contributed by atoms with Crippen molar-refractivity contribution in [3.8, 4) is 0 Å². The summed E-state index contributed by atoms with van der Waals surface area (Å²) in [6, 6.07) is 0. The van der Waals surface area contributed by atoms with Crippen LogP contribution in [0.5, 0.6) is 0 Å². The quantitative estimate of drug-likeness (QED) is 0.864. The number of carbonyl (C=O) groups excluding carboxylic acids is 1. The third-order valence-electron chi connectivity index (χ3n) is 1.82. The lowest BCUT2D eigenvalue weighted by Crippen LogP contribution is -2.24. The second-order valence-corrected chi connectivity index (χ2v) is 5.93. The summed E-state index contributed by atoms with van der Waals surface area (Å²) >= 11 is 3.13. The first-order valence-corrected chi connectivity index (χ1v) is 6.38. The molecule has 1 rings (SSSR count). The summed E-state index contributed by atoms with van der Waals surface area (Å²) in [5.74, 6) is 0.0271. The van der Waals surface area contributed by atoms with Gasteiger partial charge in [-0.1, -0.05) is 13.8 Å². The Balaban J connectivity index is 2.44. The van der Waals surface area contributed by atoms with E-state index in [1.54, 1.807) is 18.0 Å². The molecular formula is C9H14N2OS2. The van der Waals surface area contributed by atoms with Gasteiger partial charge in [-0.05, 0) is 6.26 Å². The lowest BCUT2D eigenvalue weighted by molar-refractivity contribution is -0.116. The van der Waals surface area contributed by atoms with Crippen molar-refractivity contribution in [2.45, 2.75) is 25.0 Å². The van der Waals surface area contributed by atoms with Crippen molar-refractivity contribution in [2.75, 3.05) is 11.6 Å². The van der Waals surface area contributed by atoms with Crippen LogP contribution < -0.4 is 5.32 Å². The van der Waals surface area contributed by atoms with E-state index >= 15 is 0 Å². The van der Waals surface area contributed by atoms with Crippen LogP contribution in [0, 0.1) is 0 Å². The molecule has 0 saturated carbocycles. The maximum Gasteiger partial charge on any atom is 0.227 e. The largest absolute Gasteiger partial charge is 0.302 e. The van der Waals surface area contributed by atoms with E-state index in [0.717, 1.165) is 0 Å². The number of nitrogens with zero attached hydrogens (tertiary/aromatic N) is 1. The summed E-state index contributed by atoms with van der Waals surface area (Å²) in [5.41, 5.74) is 0. The Morgan fingerprint density at radius 2 is 2.43 bits per heavy atom. The maximum absolute atomic E-state index is 11.5. The lowest BCUT2D eigenvalue weighted by atomic mass is 10.1. The second kappa shape index (κ2) is 4.79. The molecule has 1 N–H and O–H groups in total. The number of amides is 1. The highest BCUT2D eigenvalue weighted by molar-refractivity contribution is 7.99. The molecule has 78 valence electrons. The fraction of sp³-hybridized carbons (Fsp3) is 0.556. The van der Waals surface area contributed by atoms with Gasteiger partial charge in [0.25, 0.3) is 0 Å². The zero-order valence-electron chi connectivity index (χ0n) is 8.53. The normalized spacial score (nSPS) is 11.4. The minimum absolute atomic E-state index is 0.0126. The van der Waals surface area contributed by atoms with Crippen molar-refractivity contribution in [2.24, 2.45) is 0 Å². The molecule has 0 radical (unpaired) electrons. The van der Waals surface area contributed by atoms with Crippen LogP contribution in [0.25, 0.3) is 0 Å². The van der Waals surface area contributed by atoms with Crippen LogP contribution in [-0.4, -0.2) is 21.9 Å². The molecule has 0 aromatic carbocycles. The smallest absolute Gasteiger partial charge is 0.227 e. The Hall–Kier alpha value is -0.550. The van der Waals surface area contributed by atoms with E-state index in [-0.39, 0.29) is 10.7 Å². The van der Waals surface area contributed by atoms with E-state index < -0.39 is 0 Å². The van der Waals surface area contributed by atoms with Gasteiger partial charge in [-0.25, -0.2) is 4.98 Å². The van der Waals surface area contributed by atoms with Gasteiger partial charge in [0.15, 0.2) is 5.13 Å². The molecule has 14 heavy (non-hydrogen) atoms. The van der Waals surface area contributed by atoms with Gasteiger partial charge in [0, 0.05) is 22.7 Å². The molecule has 0 unspecified atom stereocenters. The van der Waals surface area contributed by atoms with Crippen molar-refractivity contribution in [1.82, 2.24) is 4.98 Å². The highest BCUT2D eigenvalue weighted by atomic mass is 32.2. The van der Waals surface area contributed by atoms with Gasteiger partial charge in [0.05, 0.1) is 0 Å². The van der Waals surface area contributed by atoms with Crippen LogP contribution in [0.4, 0.5) is 5.13 Å². The first-order chi connectivity index (χ1) is 6.53. The Labute approximate surface area is 92.3 Å². The van der Waals surface area contributed by atoms with Crippen LogP contribution in [0.1, 0.15) is 20.3 Å². The van der Waals surface area contributed by atoms with Crippen molar-refractivity contribution < 1.29 is 4.79 Å². The molecule has 3 nitrogen and oxygen atoms in total. The van der Waals surface area contributed by atoms with Crippen molar-refractivity contribution >= 4 is 34.1 Å². The molecule has 1 heterocycles. The molecular weight excluding hydrogens is 216 g/mol. The van der Waals surface area contributed by atoms with Gasteiger partial charge in [-0.2, -0.15) is 11.8 Å². The molecule has 0 aliphatic rings. The van der Waals surface area contributed by atoms with Gasteiger partial charge >= 0.3 is 0 Å². The predicted molar refractivity (Wildman–Crippen MR) is 63.0 cm³/mol. The summed E-state index contributed by atoms with van der Waals surface area (Å²) in [4.78, 5) is 15.5. The highest BCUT2D eigenvalue weighted by Gasteiger charge is 2.20. The summed E-state index contributed by atoms with van der Waals surface area (Å²) in [6.07, 6.45) is 4.20. The second-order valence-electron chi connectivity index (χ2n) is 3.53. The van der Waals surface area contributed by atoms with Crippen LogP contribution in [0.15, 0.2) is 11.6 Å². The van der Waals surface area contributed by atoms with E-state index in [2.05, 4.69) is 24.1 Å². The van der Waals surface area contributed by atoms with Crippen molar-refractivity contribution in [3.63, 3.8) is 0 Å². The van der Waals surface area contributed by atoms with Gasteiger partial charge in [-0.3, -0.25) is 4.79 Å². The zero-order valence-corrected chi connectivity index (χ0v) is 10.2.